The molecule has 1 heterocycles. The van der Waals surface area contributed by atoms with Crippen molar-refractivity contribution in [3.05, 3.63) is 23.8 Å². The summed E-state index contributed by atoms with van der Waals surface area (Å²) in [6.45, 7) is 2.39. The minimum Gasteiger partial charge on any atom is -0.493 e. The maximum atomic E-state index is 12.1. The molecule has 0 unspecified atom stereocenters. The molecule has 24 heavy (non-hydrogen) atoms. The van der Waals surface area contributed by atoms with Gasteiger partial charge in [-0.15, -0.1) is 0 Å². The number of amides is 1. The van der Waals surface area contributed by atoms with Gasteiger partial charge in [-0.2, -0.15) is 0 Å². The third-order valence-corrected chi connectivity index (χ3v) is 3.77. The van der Waals surface area contributed by atoms with Gasteiger partial charge in [0.05, 0.1) is 14.2 Å². The van der Waals surface area contributed by atoms with Gasteiger partial charge in [0.15, 0.2) is 23.7 Å². The van der Waals surface area contributed by atoms with E-state index < -0.39 is 18.2 Å². The predicted octanol–water partition coefficient (Wildman–Crippen LogP) is 1.43. The number of ether oxygens (including phenoxy) is 4. The van der Waals surface area contributed by atoms with Crippen LogP contribution in [0.1, 0.15) is 25.3 Å². The van der Waals surface area contributed by atoms with Crippen molar-refractivity contribution in [3.63, 3.8) is 0 Å². The fourth-order valence-corrected chi connectivity index (χ4v) is 2.39. The van der Waals surface area contributed by atoms with Crippen LogP contribution in [0, 0.1) is 0 Å². The number of carbonyl (C=O) groups excluding carboxylic acids is 2. The summed E-state index contributed by atoms with van der Waals surface area (Å²) in [6.07, 6.45) is 0.0475. The van der Waals surface area contributed by atoms with Gasteiger partial charge in [-0.3, -0.25) is 4.79 Å². The highest BCUT2D eigenvalue weighted by atomic mass is 16.6. The quantitative estimate of drug-likeness (QED) is 0.758. The van der Waals surface area contributed by atoms with Gasteiger partial charge in [0.2, 0.25) is 0 Å². The molecule has 7 heteroatoms. The standard InChI is InChI=1S/C17H23NO6/c1-11(24-17(20)14-5-4-8-23-14)16(19)18-10-12-6-7-13(21-2)15(9-12)22-3/h6-7,9,11,14H,4-5,8,10H2,1-3H3,(H,18,19)/t11-,14+/m0/s1. The lowest BCUT2D eigenvalue weighted by Gasteiger charge is -2.16. The second kappa shape index (κ2) is 8.54. The molecule has 0 radical (unpaired) electrons. The molecule has 1 aromatic carbocycles. The molecule has 1 N–H and O–H groups in total. The van der Waals surface area contributed by atoms with E-state index in [0.29, 0.717) is 31.1 Å². The Hall–Kier alpha value is -2.28. The number of esters is 1. The van der Waals surface area contributed by atoms with Gasteiger partial charge in [0.25, 0.3) is 5.91 Å². The molecule has 0 aliphatic carbocycles. The lowest BCUT2D eigenvalue weighted by molar-refractivity contribution is -0.163. The number of carbonyl (C=O) groups is 2. The summed E-state index contributed by atoms with van der Waals surface area (Å²) in [5, 5.41) is 2.73. The Bertz CT molecular complexity index is 582. The minimum atomic E-state index is -0.873. The molecule has 1 saturated heterocycles. The van der Waals surface area contributed by atoms with Gasteiger partial charge in [-0.05, 0) is 37.5 Å². The van der Waals surface area contributed by atoms with E-state index in [2.05, 4.69) is 5.32 Å². The smallest absolute Gasteiger partial charge is 0.336 e. The molecule has 1 fully saturated rings. The molecule has 0 spiro atoms. The van der Waals surface area contributed by atoms with Gasteiger partial charge in [-0.1, -0.05) is 6.07 Å². The Morgan fingerprint density at radius 1 is 1.29 bits per heavy atom. The second-order valence-corrected chi connectivity index (χ2v) is 5.49. The molecule has 2 rings (SSSR count). The maximum absolute atomic E-state index is 12.1. The Balaban J connectivity index is 1.84. The molecule has 0 bridgehead atoms. The topological polar surface area (TPSA) is 83.1 Å². The van der Waals surface area contributed by atoms with E-state index in [1.165, 1.54) is 6.92 Å². The molecule has 1 amide bonds. The molecular weight excluding hydrogens is 314 g/mol. The Kier molecular flexibility index (Phi) is 6.43. The van der Waals surface area contributed by atoms with Gasteiger partial charge >= 0.3 is 5.97 Å². The van der Waals surface area contributed by atoms with Crippen LogP contribution in [0.25, 0.3) is 0 Å². The van der Waals surface area contributed by atoms with Crippen molar-refractivity contribution in [2.75, 3.05) is 20.8 Å². The van der Waals surface area contributed by atoms with E-state index in [4.69, 9.17) is 18.9 Å². The van der Waals surface area contributed by atoms with Crippen molar-refractivity contribution in [2.24, 2.45) is 0 Å². The van der Waals surface area contributed by atoms with Crippen LogP contribution in [0.15, 0.2) is 18.2 Å². The van der Waals surface area contributed by atoms with E-state index in [9.17, 15) is 9.59 Å². The number of methoxy groups -OCH3 is 2. The summed E-state index contributed by atoms with van der Waals surface area (Å²) in [5.41, 5.74) is 0.846. The Morgan fingerprint density at radius 2 is 2.04 bits per heavy atom. The third-order valence-electron chi connectivity index (χ3n) is 3.77. The highest BCUT2D eigenvalue weighted by Crippen LogP contribution is 2.27. The lowest BCUT2D eigenvalue weighted by Crippen LogP contribution is -2.37. The summed E-state index contributed by atoms with van der Waals surface area (Å²) < 4.78 is 20.8. The zero-order chi connectivity index (χ0) is 17.5. The number of nitrogens with one attached hydrogen (secondary N) is 1. The van der Waals surface area contributed by atoms with E-state index >= 15 is 0 Å². The molecule has 2 atom stereocenters. The van der Waals surface area contributed by atoms with Crippen molar-refractivity contribution in [3.8, 4) is 11.5 Å². The molecule has 1 aromatic rings. The highest BCUT2D eigenvalue weighted by molar-refractivity contribution is 5.84. The first kappa shape index (κ1) is 18.1. The van der Waals surface area contributed by atoms with Crippen LogP contribution in [0.3, 0.4) is 0 Å². The van der Waals surface area contributed by atoms with Gasteiger partial charge in [-0.25, -0.2) is 4.79 Å². The number of rotatable bonds is 7. The summed E-state index contributed by atoms with van der Waals surface area (Å²) in [5.74, 6) is 0.353. The predicted molar refractivity (Wildman–Crippen MR) is 85.9 cm³/mol. The van der Waals surface area contributed by atoms with Crippen LogP contribution in [0.2, 0.25) is 0 Å². The van der Waals surface area contributed by atoms with Crippen LogP contribution in [-0.2, 0) is 25.6 Å². The normalized spacial score (nSPS) is 17.9. The monoisotopic (exact) mass is 337 g/mol. The molecule has 0 saturated carbocycles. The van der Waals surface area contributed by atoms with Crippen LogP contribution in [0.4, 0.5) is 0 Å². The van der Waals surface area contributed by atoms with Crippen molar-refractivity contribution in [2.45, 2.75) is 38.5 Å². The Labute approximate surface area is 141 Å². The summed E-state index contributed by atoms with van der Waals surface area (Å²) in [6, 6.07) is 5.37. The first-order valence-electron chi connectivity index (χ1n) is 7.86. The fourth-order valence-electron chi connectivity index (χ4n) is 2.39. The minimum absolute atomic E-state index is 0.293. The SMILES string of the molecule is COc1ccc(CNC(=O)[C@H](C)OC(=O)[C@H]2CCCO2)cc1OC. The number of benzene rings is 1. The van der Waals surface area contributed by atoms with E-state index in [1.54, 1.807) is 26.4 Å². The van der Waals surface area contributed by atoms with Gasteiger partial charge in [0.1, 0.15) is 0 Å². The zero-order valence-corrected chi connectivity index (χ0v) is 14.2. The zero-order valence-electron chi connectivity index (χ0n) is 14.2. The van der Waals surface area contributed by atoms with Crippen molar-refractivity contribution in [1.29, 1.82) is 0 Å². The highest BCUT2D eigenvalue weighted by Gasteiger charge is 2.28. The molecule has 7 nitrogen and oxygen atoms in total. The first-order chi connectivity index (χ1) is 11.5. The van der Waals surface area contributed by atoms with Crippen LogP contribution < -0.4 is 14.8 Å². The summed E-state index contributed by atoms with van der Waals surface area (Å²) in [7, 11) is 3.11. The summed E-state index contributed by atoms with van der Waals surface area (Å²) >= 11 is 0. The molecule has 132 valence electrons. The number of hydrogen-bond acceptors (Lipinski definition) is 6. The van der Waals surface area contributed by atoms with Crippen LogP contribution in [-0.4, -0.2) is 44.9 Å². The Morgan fingerprint density at radius 3 is 2.67 bits per heavy atom. The van der Waals surface area contributed by atoms with E-state index in [0.717, 1.165) is 12.0 Å². The van der Waals surface area contributed by atoms with Crippen molar-refractivity contribution >= 4 is 11.9 Å². The summed E-state index contributed by atoms with van der Waals surface area (Å²) in [4.78, 5) is 23.9. The van der Waals surface area contributed by atoms with Gasteiger partial charge in [0, 0.05) is 13.2 Å². The fraction of sp³-hybridized carbons (Fsp3) is 0.529. The van der Waals surface area contributed by atoms with E-state index in [1.807, 2.05) is 6.07 Å². The molecule has 1 aliphatic rings. The van der Waals surface area contributed by atoms with Crippen molar-refractivity contribution in [1.82, 2.24) is 5.32 Å². The lowest BCUT2D eigenvalue weighted by atomic mass is 10.2. The average Bonchev–Trinajstić information content (AvgIpc) is 3.13. The average molecular weight is 337 g/mol. The van der Waals surface area contributed by atoms with Crippen molar-refractivity contribution < 1.29 is 28.5 Å². The molecule has 0 aromatic heterocycles. The van der Waals surface area contributed by atoms with Crippen LogP contribution in [0.5, 0.6) is 11.5 Å². The third kappa shape index (κ3) is 4.61. The molecular formula is C17H23NO6. The second-order valence-electron chi connectivity index (χ2n) is 5.49. The van der Waals surface area contributed by atoms with E-state index in [-0.39, 0.29) is 5.91 Å². The molecule has 1 aliphatic heterocycles. The van der Waals surface area contributed by atoms with Crippen LogP contribution >= 0.6 is 0 Å². The van der Waals surface area contributed by atoms with Gasteiger partial charge < -0.3 is 24.3 Å². The first-order valence-corrected chi connectivity index (χ1v) is 7.86. The maximum Gasteiger partial charge on any atom is 0.336 e. The number of hydrogen-bond donors (Lipinski definition) is 1. The largest absolute Gasteiger partial charge is 0.493 e.